The highest BCUT2D eigenvalue weighted by molar-refractivity contribution is 5.69. The zero-order valence-corrected chi connectivity index (χ0v) is 16.0. The minimum Gasteiger partial charge on any atom is -0.497 e. The van der Waals surface area contributed by atoms with Crippen molar-refractivity contribution in [3.05, 3.63) is 29.8 Å². The second kappa shape index (κ2) is 9.81. The molecule has 25 heavy (non-hydrogen) atoms. The van der Waals surface area contributed by atoms with E-state index in [4.69, 9.17) is 14.2 Å². The molecule has 1 aromatic carbocycles. The quantitative estimate of drug-likeness (QED) is 0.715. The molecule has 1 aliphatic heterocycles. The summed E-state index contributed by atoms with van der Waals surface area (Å²) in [6, 6.07) is 8.22. The van der Waals surface area contributed by atoms with Gasteiger partial charge >= 0.3 is 5.97 Å². The summed E-state index contributed by atoms with van der Waals surface area (Å²) in [6.45, 7) is 6.94. The maximum absolute atomic E-state index is 11.9. The molecule has 0 spiro atoms. The van der Waals surface area contributed by atoms with Crippen LogP contribution in [0.25, 0.3) is 0 Å². The lowest BCUT2D eigenvalue weighted by molar-refractivity contribution is -0.159. The lowest BCUT2D eigenvalue weighted by Crippen LogP contribution is -2.38. The third-order valence-corrected chi connectivity index (χ3v) is 4.73. The first-order valence-corrected chi connectivity index (χ1v) is 9.43. The molecule has 4 heteroatoms. The Morgan fingerprint density at radius 1 is 1.20 bits per heavy atom. The Bertz CT molecular complexity index is 523. The first-order valence-electron chi connectivity index (χ1n) is 9.43. The van der Waals surface area contributed by atoms with Crippen LogP contribution in [0.5, 0.6) is 5.75 Å². The van der Waals surface area contributed by atoms with E-state index in [0.717, 1.165) is 31.4 Å². The van der Waals surface area contributed by atoms with Gasteiger partial charge in [0, 0.05) is 13.0 Å². The minimum absolute atomic E-state index is 0.0634. The van der Waals surface area contributed by atoms with Crippen molar-refractivity contribution in [1.82, 2.24) is 0 Å². The summed E-state index contributed by atoms with van der Waals surface area (Å²) < 4.78 is 17.1. The first-order chi connectivity index (χ1) is 12.0. The summed E-state index contributed by atoms with van der Waals surface area (Å²) in [6.07, 6.45) is 4.13. The van der Waals surface area contributed by atoms with E-state index >= 15 is 0 Å². The number of esters is 1. The van der Waals surface area contributed by atoms with Crippen molar-refractivity contribution in [2.45, 2.75) is 65.1 Å². The molecule has 4 nitrogen and oxygen atoms in total. The summed E-state index contributed by atoms with van der Waals surface area (Å²) in [5, 5.41) is 0. The third kappa shape index (κ3) is 6.35. The Morgan fingerprint density at radius 3 is 2.56 bits per heavy atom. The summed E-state index contributed by atoms with van der Waals surface area (Å²) in [7, 11) is 1.68. The van der Waals surface area contributed by atoms with Crippen LogP contribution in [0.2, 0.25) is 0 Å². The standard InChI is InChI=1S/C21H32O4/c1-15(2)14-24-21-16(3)25-20(22)8-6-5-7-18(21)13-17-9-11-19(23-4)12-10-17/h9-12,15-16,18,21H,5-8,13-14H2,1-4H3/t16-,18+,21-/m0/s1. The molecular weight excluding hydrogens is 316 g/mol. The van der Waals surface area contributed by atoms with E-state index in [1.165, 1.54) is 5.56 Å². The van der Waals surface area contributed by atoms with Crippen LogP contribution in [0.1, 0.15) is 52.0 Å². The molecule has 1 aliphatic rings. The van der Waals surface area contributed by atoms with Gasteiger partial charge in [0.1, 0.15) is 11.9 Å². The van der Waals surface area contributed by atoms with Crippen LogP contribution in [-0.2, 0) is 20.7 Å². The first kappa shape index (κ1) is 19.8. The summed E-state index contributed by atoms with van der Waals surface area (Å²) in [5.74, 6) is 1.56. The smallest absolute Gasteiger partial charge is 0.306 e. The van der Waals surface area contributed by atoms with Crippen LogP contribution in [0.4, 0.5) is 0 Å². The summed E-state index contributed by atoms with van der Waals surface area (Å²) in [4.78, 5) is 11.9. The number of benzene rings is 1. The van der Waals surface area contributed by atoms with Crippen LogP contribution >= 0.6 is 0 Å². The molecule has 0 radical (unpaired) electrons. The number of methoxy groups -OCH3 is 1. The fraction of sp³-hybridized carbons (Fsp3) is 0.667. The molecule has 0 amide bonds. The van der Waals surface area contributed by atoms with Gasteiger partial charge in [0.05, 0.1) is 13.2 Å². The topological polar surface area (TPSA) is 44.8 Å². The highest BCUT2D eigenvalue weighted by Crippen LogP contribution is 2.28. The van der Waals surface area contributed by atoms with E-state index in [0.29, 0.717) is 24.9 Å². The monoisotopic (exact) mass is 348 g/mol. The molecule has 1 fully saturated rings. The van der Waals surface area contributed by atoms with E-state index in [2.05, 4.69) is 26.0 Å². The average molecular weight is 348 g/mol. The molecule has 0 N–H and O–H groups in total. The molecule has 0 aliphatic carbocycles. The van der Waals surface area contributed by atoms with Gasteiger partial charge in [-0.25, -0.2) is 0 Å². The van der Waals surface area contributed by atoms with Crippen molar-refractivity contribution in [3.8, 4) is 5.75 Å². The zero-order chi connectivity index (χ0) is 18.2. The molecule has 0 aromatic heterocycles. The van der Waals surface area contributed by atoms with Crippen LogP contribution in [-0.4, -0.2) is 31.9 Å². The van der Waals surface area contributed by atoms with Gasteiger partial charge in [-0.1, -0.05) is 32.4 Å². The average Bonchev–Trinajstić information content (AvgIpc) is 2.64. The predicted molar refractivity (Wildman–Crippen MR) is 98.8 cm³/mol. The number of rotatable bonds is 6. The Morgan fingerprint density at radius 2 is 1.92 bits per heavy atom. The summed E-state index contributed by atoms with van der Waals surface area (Å²) in [5.41, 5.74) is 1.27. The number of carbonyl (C=O) groups excluding carboxylic acids is 1. The van der Waals surface area contributed by atoms with Crippen molar-refractivity contribution in [3.63, 3.8) is 0 Å². The number of ether oxygens (including phenoxy) is 3. The maximum Gasteiger partial charge on any atom is 0.306 e. The van der Waals surface area contributed by atoms with Gasteiger partial charge < -0.3 is 14.2 Å². The Labute approximate surface area is 151 Å². The molecule has 0 bridgehead atoms. The van der Waals surface area contributed by atoms with Crippen molar-refractivity contribution < 1.29 is 19.0 Å². The van der Waals surface area contributed by atoms with E-state index < -0.39 is 0 Å². The molecule has 0 unspecified atom stereocenters. The molecule has 140 valence electrons. The highest BCUT2D eigenvalue weighted by atomic mass is 16.6. The lowest BCUT2D eigenvalue weighted by Gasteiger charge is -2.31. The van der Waals surface area contributed by atoms with Crippen molar-refractivity contribution >= 4 is 5.97 Å². The Balaban J connectivity index is 2.15. The third-order valence-electron chi connectivity index (χ3n) is 4.73. The zero-order valence-electron chi connectivity index (χ0n) is 16.0. The number of hydrogen-bond donors (Lipinski definition) is 0. The van der Waals surface area contributed by atoms with Gasteiger partial charge in [-0.15, -0.1) is 0 Å². The molecule has 3 atom stereocenters. The van der Waals surface area contributed by atoms with Crippen LogP contribution in [0.15, 0.2) is 24.3 Å². The van der Waals surface area contributed by atoms with E-state index in [1.54, 1.807) is 7.11 Å². The van der Waals surface area contributed by atoms with Gasteiger partial charge in [0.25, 0.3) is 0 Å². The molecule has 1 heterocycles. The van der Waals surface area contributed by atoms with Crippen molar-refractivity contribution in [2.75, 3.05) is 13.7 Å². The van der Waals surface area contributed by atoms with Gasteiger partial charge in [0.2, 0.25) is 0 Å². The molecule has 1 saturated heterocycles. The predicted octanol–water partition coefficient (Wildman–Crippen LogP) is 4.40. The minimum atomic E-state index is -0.215. The van der Waals surface area contributed by atoms with Gasteiger partial charge in [-0.05, 0) is 55.7 Å². The van der Waals surface area contributed by atoms with Gasteiger partial charge in [-0.2, -0.15) is 0 Å². The fourth-order valence-electron chi connectivity index (χ4n) is 3.41. The largest absolute Gasteiger partial charge is 0.497 e. The summed E-state index contributed by atoms with van der Waals surface area (Å²) >= 11 is 0. The molecule has 0 saturated carbocycles. The Hall–Kier alpha value is -1.55. The SMILES string of the molecule is COc1ccc(C[C@H]2CCCCC(=O)O[C@@H](C)[C@@H]2OCC(C)C)cc1. The number of hydrogen-bond acceptors (Lipinski definition) is 4. The van der Waals surface area contributed by atoms with Crippen molar-refractivity contribution in [1.29, 1.82) is 0 Å². The normalized spacial score (nSPS) is 25.0. The van der Waals surface area contributed by atoms with Gasteiger partial charge in [0.15, 0.2) is 0 Å². The molecule has 2 rings (SSSR count). The second-order valence-corrected chi connectivity index (χ2v) is 7.44. The lowest BCUT2D eigenvalue weighted by atomic mass is 9.87. The van der Waals surface area contributed by atoms with E-state index in [9.17, 15) is 4.79 Å². The van der Waals surface area contributed by atoms with Gasteiger partial charge in [-0.3, -0.25) is 4.79 Å². The van der Waals surface area contributed by atoms with Crippen LogP contribution < -0.4 is 4.74 Å². The fourth-order valence-corrected chi connectivity index (χ4v) is 3.41. The van der Waals surface area contributed by atoms with E-state index in [1.807, 2.05) is 19.1 Å². The van der Waals surface area contributed by atoms with Crippen LogP contribution in [0.3, 0.4) is 0 Å². The molecule has 1 aromatic rings. The second-order valence-electron chi connectivity index (χ2n) is 7.44. The number of cyclic esters (lactones) is 1. The number of carbonyl (C=O) groups is 1. The Kier molecular flexibility index (Phi) is 7.76. The highest BCUT2D eigenvalue weighted by Gasteiger charge is 2.31. The van der Waals surface area contributed by atoms with Crippen molar-refractivity contribution in [2.24, 2.45) is 11.8 Å². The van der Waals surface area contributed by atoms with Crippen LogP contribution in [0, 0.1) is 11.8 Å². The molecular formula is C21H32O4. The maximum atomic E-state index is 11.9. The van der Waals surface area contributed by atoms with E-state index in [-0.39, 0.29) is 18.2 Å².